The predicted molar refractivity (Wildman–Crippen MR) is 46.9 cm³/mol. The van der Waals surface area contributed by atoms with E-state index in [4.69, 9.17) is 4.74 Å². The SMILES string of the molecule is C[C@H](Oc1ccccc1C=O)C(=O)[O-]. The number of rotatable bonds is 4. The average Bonchev–Trinajstić information content (AvgIpc) is 2.18. The maximum Gasteiger partial charge on any atom is 0.153 e. The standard InChI is InChI=1S/C10H10O4/c1-7(10(12)13)14-9-5-3-2-4-8(9)6-11/h2-7H,1H3,(H,12,13)/p-1/t7-/m0/s1. The molecule has 0 unspecified atom stereocenters. The molecule has 0 aliphatic carbocycles. The first-order chi connectivity index (χ1) is 6.65. The van der Waals surface area contributed by atoms with Crippen LogP contribution in [0.15, 0.2) is 24.3 Å². The summed E-state index contributed by atoms with van der Waals surface area (Å²) in [4.78, 5) is 20.9. The van der Waals surface area contributed by atoms with Gasteiger partial charge in [0.2, 0.25) is 0 Å². The summed E-state index contributed by atoms with van der Waals surface area (Å²) in [5.41, 5.74) is 0.320. The third kappa shape index (κ3) is 2.32. The number of benzene rings is 1. The normalized spacial score (nSPS) is 11.8. The molecule has 4 heteroatoms. The predicted octanol–water partition coefficient (Wildman–Crippen LogP) is 0.0163. The highest BCUT2D eigenvalue weighted by Gasteiger charge is 2.07. The fourth-order valence-electron chi connectivity index (χ4n) is 0.924. The third-order valence-corrected chi connectivity index (χ3v) is 1.68. The van der Waals surface area contributed by atoms with Crippen molar-refractivity contribution in [3.63, 3.8) is 0 Å². The van der Waals surface area contributed by atoms with E-state index in [1.807, 2.05) is 0 Å². The number of carbonyl (C=O) groups excluding carboxylic acids is 2. The van der Waals surface area contributed by atoms with Crippen LogP contribution in [0.3, 0.4) is 0 Å². The van der Waals surface area contributed by atoms with Crippen molar-refractivity contribution < 1.29 is 19.4 Å². The molecule has 0 bridgehead atoms. The number of ether oxygens (including phenoxy) is 1. The molecule has 0 saturated carbocycles. The molecule has 0 N–H and O–H groups in total. The molecule has 1 rings (SSSR count). The average molecular weight is 193 g/mol. The monoisotopic (exact) mass is 193 g/mol. The van der Waals surface area contributed by atoms with Crippen LogP contribution in [0.1, 0.15) is 17.3 Å². The zero-order valence-electron chi connectivity index (χ0n) is 7.60. The van der Waals surface area contributed by atoms with Crippen molar-refractivity contribution in [3.8, 4) is 5.75 Å². The first-order valence-electron chi connectivity index (χ1n) is 4.07. The summed E-state index contributed by atoms with van der Waals surface area (Å²) in [5, 5.41) is 10.4. The number of hydrogen-bond donors (Lipinski definition) is 0. The van der Waals surface area contributed by atoms with E-state index in [1.165, 1.54) is 13.0 Å². The summed E-state index contributed by atoms with van der Waals surface area (Å²) in [6, 6.07) is 6.40. The van der Waals surface area contributed by atoms with Gasteiger partial charge in [-0.3, -0.25) is 4.79 Å². The second-order valence-electron chi connectivity index (χ2n) is 2.73. The van der Waals surface area contributed by atoms with Crippen LogP contribution >= 0.6 is 0 Å². The topological polar surface area (TPSA) is 66.4 Å². The summed E-state index contributed by atoms with van der Waals surface area (Å²) in [7, 11) is 0. The maximum atomic E-state index is 10.5. The molecule has 0 aromatic heterocycles. The Labute approximate surface area is 81.1 Å². The van der Waals surface area contributed by atoms with Gasteiger partial charge in [-0.25, -0.2) is 0 Å². The molecule has 1 aromatic carbocycles. The number of hydrogen-bond acceptors (Lipinski definition) is 4. The minimum atomic E-state index is -1.31. The van der Waals surface area contributed by atoms with E-state index in [-0.39, 0.29) is 5.75 Å². The van der Waals surface area contributed by atoms with E-state index in [0.29, 0.717) is 11.8 Å². The fourth-order valence-corrected chi connectivity index (χ4v) is 0.924. The zero-order chi connectivity index (χ0) is 10.6. The second-order valence-corrected chi connectivity index (χ2v) is 2.73. The van der Waals surface area contributed by atoms with Gasteiger partial charge in [0.1, 0.15) is 11.9 Å². The highest BCUT2D eigenvalue weighted by Crippen LogP contribution is 2.16. The molecule has 1 aromatic rings. The highest BCUT2D eigenvalue weighted by molar-refractivity contribution is 5.79. The Hall–Kier alpha value is -1.84. The minimum absolute atomic E-state index is 0.249. The van der Waals surface area contributed by atoms with Crippen LogP contribution in [0, 0.1) is 0 Å². The lowest BCUT2D eigenvalue weighted by atomic mass is 10.2. The van der Waals surface area contributed by atoms with Gasteiger partial charge < -0.3 is 14.6 Å². The van der Waals surface area contributed by atoms with Crippen LogP contribution in [0.5, 0.6) is 5.75 Å². The van der Waals surface area contributed by atoms with Crippen molar-refractivity contribution in [3.05, 3.63) is 29.8 Å². The van der Waals surface area contributed by atoms with Crippen LogP contribution in [0.25, 0.3) is 0 Å². The number of carbonyl (C=O) groups is 2. The Kier molecular flexibility index (Phi) is 3.23. The Bertz CT molecular complexity index is 346. The molecular weight excluding hydrogens is 184 g/mol. The van der Waals surface area contributed by atoms with Gasteiger partial charge in [-0.05, 0) is 19.1 Å². The summed E-state index contributed by atoms with van der Waals surface area (Å²) in [6.45, 7) is 1.34. The van der Waals surface area contributed by atoms with E-state index in [1.54, 1.807) is 18.2 Å². The Balaban J connectivity index is 2.85. The van der Waals surface area contributed by atoms with Crippen LogP contribution in [-0.2, 0) is 4.79 Å². The van der Waals surface area contributed by atoms with E-state index >= 15 is 0 Å². The Morgan fingerprint density at radius 2 is 2.14 bits per heavy atom. The lowest BCUT2D eigenvalue weighted by molar-refractivity contribution is -0.312. The minimum Gasteiger partial charge on any atom is -0.546 e. The van der Waals surface area contributed by atoms with Gasteiger partial charge in [0.15, 0.2) is 6.29 Å². The van der Waals surface area contributed by atoms with Gasteiger partial charge in [0, 0.05) is 0 Å². The lowest BCUT2D eigenvalue weighted by Gasteiger charge is -2.16. The smallest absolute Gasteiger partial charge is 0.153 e. The second kappa shape index (κ2) is 4.41. The molecule has 0 aliphatic rings. The van der Waals surface area contributed by atoms with Crippen LogP contribution in [0.4, 0.5) is 0 Å². The number of carboxylic acids is 1. The molecule has 4 nitrogen and oxygen atoms in total. The van der Waals surface area contributed by atoms with Crippen molar-refractivity contribution >= 4 is 12.3 Å². The van der Waals surface area contributed by atoms with Crippen molar-refractivity contribution in [2.45, 2.75) is 13.0 Å². The van der Waals surface area contributed by atoms with Gasteiger partial charge in [-0.2, -0.15) is 0 Å². The Morgan fingerprint density at radius 3 is 2.71 bits per heavy atom. The van der Waals surface area contributed by atoms with Crippen molar-refractivity contribution in [1.29, 1.82) is 0 Å². The van der Waals surface area contributed by atoms with Gasteiger partial charge in [-0.1, -0.05) is 12.1 Å². The first kappa shape index (κ1) is 10.2. The van der Waals surface area contributed by atoms with Crippen LogP contribution < -0.4 is 9.84 Å². The van der Waals surface area contributed by atoms with Gasteiger partial charge in [0.25, 0.3) is 0 Å². The molecule has 0 radical (unpaired) electrons. The van der Waals surface area contributed by atoms with E-state index in [0.717, 1.165) is 0 Å². The summed E-state index contributed by atoms with van der Waals surface area (Å²) >= 11 is 0. The van der Waals surface area contributed by atoms with E-state index in [9.17, 15) is 14.7 Å². The molecule has 14 heavy (non-hydrogen) atoms. The molecule has 0 amide bonds. The number of aldehydes is 1. The van der Waals surface area contributed by atoms with Crippen molar-refractivity contribution in [2.24, 2.45) is 0 Å². The molecular formula is C10H9O4-. The molecule has 0 spiro atoms. The van der Waals surface area contributed by atoms with Gasteiger partial charge >= 0.3 is 0 Å². The summed E-state index contributed by atoms with van der Waals surface area (Å²) in [5.74, 6) is -1.06. The fraction of sp³-hybridized carbons (Fsp3) is 0.200. The number of para-hydroxylation sites is 1. The Morgan fingerprint density at radius 1 is 1.50 bits per heavy atom. The number of aliphatic carboxylic acids is 1. The third-order valence-electron chi connectivity index (χ3n) is 1.68. The van der Waals surface area contributed by atoms with Crippen molar-refractivity contribution in [2.75, 3.05) is 0 Å². The van der Waals surface area contributed by atoms with E-state index in [2.05, 4.69) is 0 Å². The van der Waals surface area contributed by atoms with Crippen LogP contribution in [0.2, 0.25) is 0 Å². The molecule has 74 valence electrons. The molecule has 0 heterocycles. The molecule has 0 aliphatic heterocycles. The van der Waals surface area contributed by atoms with Crippen molar-refractivity contribution in [1.82, 2.24) is 0 Å². The largest absolute Gasteiger partial charge is 0.546 e. The molecule has 1 atom stereocenters. The maximum absolute atomic E-state index is 10.5. The molecule has 0 fully saturated rings. The van der Waals surface area contributed by atoms with Gasteiger partial charge in [0.05, 0.1) is 11.5 Å². The highest BCUT2D eigenvalue weighted by atomic mass is 16.5. The summed E-state index contributed by atoms with van der Waals surface area (Å²) < 4.78 is 5.00. The van der Waals surface area contributed by atoms with Crippen LogP contribution in [-0.4, -0.2) is 18.4 Å². The number of carboxylic acid groups (broad SMARTS) is 1. The zero-order valence-corrected chi connectivity index (χ0v) is 7.60. The summed E-state index contributed by atoms with van der Waals surface area (Å²) in [6.07, 6.45) is -0.465. The van der Waals surface area contributed by atoms with E-state index < -0.39 is 12.1 Å². The van der Waals surface area contributed by atoms with Gasteiger partial charge in [-0.15, -0.1) is 0 Å². The lowest BCUT2D eigenvalue weighted by Crippen LogP contribution is -2.37. The quantitative estimate of drug-likeness (QED) is 0.632. The molecule has 0 saturated heterocycles. The first-order valence-corrected chi connectivity index (χ1v) is 4.07.